The lowest BCUT2D eigenvalue weighted by Crippen LogP contribution is -2.54. The fourth-order valence-electron chi connectivity index (χ4n) is 3.75. The van der Waals surface area contributed by atoms with Crippen molar-refractivity contribution in [2.75, 3.05) is 19.6 Å². The van der Waals surface area contributed by atoms with E-state index in [0.717, 1.165) is 5.56 Å². The van der Waals surface area contributed by atoms with Crippen molar-refractivity contribution in [3.05, 3.63) is 63.4 Å². The molecule has 2 aromatic carbocycles. The van der Waals surface area contributed by atoms with Crippen molar-refractivity contribution in [2.24, 2.45) is 0 Å². The van der Waals surface area contributed by atoms with Crippen LogP contribution >= 0.6 is 23.2 Å². The second-order valence-corrected chi connectivity index (χ2v) is 8.81. The topological polar surface area (TPSA) is 70.1 Å². The summed E-state index contributed by atoms with van der Waals surface area (Å²) in [6.07, 6.45) is -1.01. The largest absolute Gasteiger partial charge is 0.479 e. The molecule has 0 saturated carbocycles. The van der Waals surface area contributed by atoms with Crippen LogP contribution in [-0.2, 0) is 22.6 Å². The fraction of sp³-hybridized carbons (Fsp3) is 0.391. The Morgan fingerprint density at radius 3 is 2.50 bits per heavy atom. The van der Waals surface area contributed by atoms with Gasteiger partial charge in [-0.2, -0.15) is 0 Å². The van der Waals surface area contributed by atoms with Gasteiger partial charge in [-0.05, 0) is 49.7 Å². The van der Waals surface area contributed by atoms with Crippen LogP contribution in [0.1, 0.15) is 25.0 Å². The Bertz CT molecular complexity index is 1000. The van der Waals surface area contributed by atoms with Crippen LogP contribution in [0.5, 0.6) is 5.75 Å². The molecule has 9 heteroatoms. The number of hydrogen-bond acceptors (Lipinski definition) is 4. The van der Waals surface area contributed by atoms with Crippen LogP contribution in [-0.4, -0.2) is 58.6 Å². The molecule has 0 aliphatic carbocycles. The molecule has 0 bridgehead atoms. The van der Waals surface area contributed by atoms with Gasteiger partial charge in [-0.3, -0.25) is 9.69 Å². The van der Waals surface area contributed by atoms with Crippen LogP contribution < -0.4 is 4.74 Å². The molecule has 172 valence electrons. The van der Waals surface area contributed by atoms with Crippen molar-refractivity contribution < 1.29 is 23.8 Å². The normalized spacial score (nSPS) is 17.8. The Hall–Kier alpha value is -2.35. The number of amides is 1. The molecule has 6 nitrogen and oxygen atoms in total. The van der Waals surface area contributed by atoms with E-state index in [1.165, 1.54) is 19.1 Å². The van der Waals surface area contributed by atoms with Crippen LogP contribution in [0.15, 0.2) is 36.4 Å². The summed E-state index contributed by atoms with van der Waals surface area (Å²) in [6, 6.07) is 9.33. The molecule has 1 aliphatic rings. The van der Waals surface area contributed by atoms with Crippen LogP contribution in [0.4, 0.5) is 4.39 Å². The van der Waals surface area contributed by atoms with Crippen LogP contribution in [0, 0.1) is 5.82 Å². The first-order valence-electron chi connectivity index (χ1n) is 10.3. The first-order valence-corrected chi connectivity index (χ1v) is 11.0. The van der Waals surface area contributed by atoms with Gasteiger partial charge in [0.05, 0.1) is 6.42 Å². The third-order valence-electron chi connectivity index (χ3n) is 5.46. The van der Waals surface area contributed by atoms with E-state index in [4.69, 9.17) is 33.0 Å². The average Bonchev–Trinajstić information content (AvgIpc) is 2.72. The minimum Gasteiger partial charge on any atom is -0.479 e. The van der Waals surface area contributed by atoms with Gasteiger partial charge in [0, 0.05) is 47.8 Å². The molecular formula is C23H25Cl2FN2O4. The number of rotatable bonds is 7. The number of benzene rings is 2. The highest BCUT2D eigenvalue weighted by molar-refractivity contribution is 6.30. The summed E-state index contributed by atoms with van der Waals surface area (Å²) in [6.45, 7) is 5.63. The molecule has 1 heterocycles. The quantitative estimate of drug-likeness (QED) is 0.638. The maximum Gasteiger partial charge on any atom is 0.344 e. The van der Waals surface area contributed by atoms with Crippen molar-refractivity contribution in [1.82, 2.24) is 9.80 Å². The fourth-order valence-corrected chi connectivity index (χ4v) is 4.10. The molecule has 2 aromatic rings. The highest BCUT2D eigenvalue weighted by atomic mass is 35.5. The molecule has 1 aliphatic heterocycles. The Balaban J connectivity index is 1.64. The number of carboxylic acids is 1. The van der Waals surface area contributed by atoms with E-state index in [2.05, 4.69) is 4.90 Å². The smallest absolute Gasteiger partial charge is 0.344 e. The van der Waals surface area contributed by atoms with Crippen LogP contribution in [0.25, 0.3) is 0 Å². The number of nitrogens with zero attached hydrogens (tertiary/aromatic N) is 2. The predicted molar refractivity (Wildman–Crippen MR) is 121 cm³/mol. The molecule has 32 heavy (non-hydrogen) atoms. The lowest BCUT2D eigenvalue weighted by Gasteiger charge is -2.40. The first-order chi connectivity index (χ1) is 15.1. The van der Waals surface area contributed by atoms with Gasteiger partial charge in [-0.1, -0.05) is 29.3 Å². The minimum atomic E-state index is -1.05. The van der Waals surface area contributed by atoms with E-state index in [1.54, 1.807) is 29.2 Å². The highest BCUT2D eigenvalue weighted by Gasteiger charge is 2.28. The van der Waals surface area contributed by atoms with Gasteiger partial charge in [0.25, 0.3) is 0 Å². The minimum absolute atomic E-state index is 0.0211. The van der Waals surface area contributed by atoms with E-state index in [9.17, 15) is 14.0 Å². The molecule has 0 aromatic heterocycles. The number of hydrogen-bond donors (Lipinski definition) is 1. The Morgan fingerprint density at radius 2 is 1.84 bits per heavy atom. The molecule has 1 N–H and O–H groups in total. The summed E-state index contributed by atoms with van der Waals surface area (Å²) in [4.78, 5) is 27.8. The van der Waals surface area contributed by atoms with Gasteiger partial charge in [0.1, 0.15) is 11.6 Å². The highest BCUT2D eigenvalue weighted by Crippen LogP contribution is 2.27. The zero-order valence-corrected chi connectivity index (χ0v) is 19.4. The Labute approximate surface area is 196 Å². The molecule has 0 unspecified atom stereocenters. The predicted octanol–water partition coefficient (Wildman–Crippen LogP) is 4.26. The molecule has 3 rings (SSSR count). The van der Waals surface area contributed by atoms with Crippen molar-refractivity contribution in [3.63, 3.8) is 0 Å². The first kappa shape index (κ1) is 24.3. The van der Waals surface area contributed by atoms with E-state index < -0.39 is 17.9 Å². The Morgan fingerprint density at radius 1 is 1.16 bits per heavy atom. The standard InChI is InChI=1S/C23H25Cl2FN2O4/c1-14-12-27(13-17-9-18(24)5-6-21(17)32-15(2)23(30)31)7-8-28(14)22(29)10-16-3-4-19(25)11-20(16)26/h3-6,9,11,14-15H,7-8,10,12-13H2,1-2H3,(H,30,31)/t14-,15-/m0/s1. The summed E-state index contributed by atoms with van der Waals surface area (Å²) in [5, 5.41) is 9.96. The monoisotopic (exact) mass is 482 g/mol. The number of carbonyl (C=O) groups excluding carboxylic acids is 1. The number of carboxylic acid groups (broad SMARTS) is 1. The van der Waals surface area contributed by atoms with Crippen molar-refractivity contribution in [2.45, 2.75) is 39.0 Å². The lowest BCUT2D eigenvalue weighted by atomic mass is 10.1. The number of carbonyl (C=O) groups is 2. The second kappa shape index (κ2) is 10.5. The van der Waals surface area contributed by atoms with Gasteiger partial charge in [-0.15, -0.1) is 0 Å². The molecule has 1 saturated heterocycles. The van der Waals surface area contributed by atoms with Crippen molar-refractivity contribution >= 4 is 35.1 Å². The number of ether oxygens (including phenoxy) is 1. The number of aliphatic carboxylic acids is 1. The molecular weight excluding hydrogens is 458 g/mol. The van der Waals surface area contributed by atoms with E-state index in [-0.39, 0.29) is 18.4 Å². The molecule has 0 spiro atoms. The van der Waals surface area contributed by atoms with E-state index in [0.29, 0.717) is 47.5 Å². The molecule has 1 amide bonds. The maximum absolute atomic E-state index is 14.1. The summed E-state index contributed by atoms with van der Waals surface area (Å²) in [7, 11) is 0. The van der Waals surface area contributed by atoms with Gasteiger partial charge >= 0.3 is 5.97 Å². The second-order valence-electron chi connectivity index (χ2n) is 7.93. The number of halogens is 3. The van der Waals surface area contributed by atoms with Crippen molar-refractivity contribution in [1.29, 1.82) is 0 Å². The van der Waals surface area contributed by atoms with E-state index in [1.807, 2.05) is 6.92 Å². The van der Waals surface area contributed by atoms with Gasteiger partial charge in [0.2, 0.25) is 5.91 Å². The van der Waals surface area contributed by atoms with Crippen LogP contribution in [0.3, 0.4) is 0 Å². The molecule has 0 radical (unpaired) electrons. The summed E-state index contributed by atoms with van der Waals surface area (Å²) < 4.78 is 19.6. The summed E-state index contributed by atoms with van der Waals surface area (Å²) in [5.74, 6) is -1.21. The zero-order chi connectivity index (χ0) is 23.4. The lowest BCUT2D eigenvalue weighted by molar-refractivity contribution is -0.144. The van der Waals surface area contributed by atoms with Gasteiger partial charge in [-0.25, -0.2) is 9.18 Å². The van der Waals surface area contributed by atoms with E-state index >= 15 is 0 Å². The SMILES string of the molecule is C[C@H](Oc1ccc(Cl)cc1CN1CCN(C(=O)Cc2ccc(Cl)cc2F)[C@@H](C)C1)C(=O)O. The maximum atomic E-state index is 14.1. The zero-order valence-electron chi connectivity index (χ0n) is 17.9. The van der Waals surface area contributed by atoms with Gasteiger partial charge in [0.15, 0.2) is 6.10 Å². The Kier molecular flexibility index (Phi) is 7.98. The summed E-state index contributed by atoms with van der Waals surface area (Å²) in [5.41, 5.74) is 1.10. The molecule has 2 atom stereocenters. The van der Waals surface area contributed by atoms with Gasteiger partial charge < -0.3 is 14.7 Å². The number of piperazine rings is 1. The third-order valence-corrected chi connectivity index (χ3v) is 5.93. The third kappa shape index (κ3) is 6.12. The summed E-state index contributed by atoms with van der Waals surface area (Å²) >= 11 is 11.9. The molecule has 1 fully saturated rings. The van der Waals surface area contributed by atoms with Crippen LogP contribution in [0.2, 0.25) is 10.0 Å². The van der Waals surface area contributed by atoms with Crippen molar-refractivity contribution in [3.8, 4) is 5.75 Å². The average molecular weight is 483 g/mol.